The summed E-state index contributed by atoms with van der Waals surface area (Å²) in [7, 11) is 1.15. The van der Waals surface area contributed by atoms with Gasteiger partial charge in [-0.1, -0.05) is 13.8 Å². The van der Waals surface area contributed by atoms with Gasteiger partial charge in [0.15, 0.2) is 5.11 Å². The van der Waals surface area contributed by atoms with Crippen LogP contribution in [0.4, 0.5) is 32.0 Å². The van der Waals surface area contributed by atoms with Crippen molar-refractivity contribution in [1.29, 1.82) is 5.26 Å². The van der Waals surface area contributed by atoms with Gasteiger partial charge in [-0.25, -0.2) is 0 Å². The van der Waals surface area contributed by atoms with Gasteiger partial charge in [-0.2, -0.15) is 31.6 Å². The molecule has 54 heavy (non-hydrogen) atoms. The summed E-state index contributed by atoms with van der Waals surface area (Å²) in [4.78, 5) is 31.9. The van der Waals surface area contributed by atoms with Gasteiger partial charge in [0.25, 0.3) is 5.91 Å². The molecule has 5 rings (SSSR count). The minimum Gasteiger partial charge on any atom is -0.468 e. The number of nitriles is 1. The monoisotopic (exact) mass is 787 g/mol. The molecule has 4 atom stereocenters. The molecule has 16 heteroatoms. The molecule has 2 aliphatic carbocycles. The highest BCUT2D eigenvalue weighted by Crippen LogP contribution is 2.50. The standard InChI is InChI=1S/C38H51F6N5O4S/c1-23(2)29-13-7-25(37(39,40)41)18-31(29)30-19-27(8-6-24(30)20-45)48-34(51)36(3,4)49(35(48)54)26-9-11-28(12-10-26)53-17-16-46-14-15-47(22-33(50)52-5)32(21-46)38(42,43)44/h6,8,19,23,25-26,28-29,31-32H,7,9-18,21-22H2,1-5H3/t25?,26?,28?,29?,31?,32-/m1/s1. The summed E-state index contributed by atoms with van der Waals surface area (Å²) in [5, 5.41) is 10.3. The lowest BCUT2D eigenvalue weighted by molar-refractivity contribution is -0.199. The highest BCUT2D eigenvalue weighted by atomic mass is 32.1. The number of alkyl halides is 6. The first-order chi connectivity index (χ1) is 25.3. The van der Waals surface area contributed by atoms with Gasteiger partial charge < -0.3 is 14.4 Å². The zero-order chi connectivity index (χ0) is 39.7. The number of amides is 1. The Morgan fingerprint density at radius 1 is 1.04 bits per heavy atom. The molecular weight excluding hydrogens is 737 g/mol. The van der Waals surface area contributed by atoms with Crippen LogP contribution in [0, 0.1) is 29.1 Å². The Balaban J connectivity index is 1.22. The molecule has 2 saturated carbocycles. The van der Waals surface area contributed by atoms with E-state index in [0.29, 0.717) is 67.1 Å². The maximum absolute atomic E-state index is 14.1. The number of hydrogen-bond donors (Lipinski definition) is 0. The van der Waals surface area contributed by atoms with Crippen LogP contribution in [-0.4, -0.2) is 114 Å². The number of piperazine rings is 1. The van der Waals surface area contributed by atoms with Crippen LogP contribution in [0.15, 0.2) is 18.2 Å². The molecule has 0 bridgehead atoms. The van der Waals surface area contributed by atoms with Crippen LogP contribution < -0.4 is 4.90 Å². The Bertz CT molecular complexity index is 1570. The number of esters is 1. The van der Waals surface area contributed by atoms with Crippen molar-refractivity contribution >= 4 is 34.9 Å². The first-order valence-corrected chi connectivity index (χ1v) is 19.2. The Morgan fingerprint density at radius 2 is 1.72 bits per heavy atom. The fraction of sp³-hybridized carbons (Fsp3) is 0.737. The van der Waals surface area contributed by atoms with Crippen molar-refractivity contribution in [2.45, 2.75) is 115 Å². The van der Waals surface area contributed by atoms with Crippen molar-refractivity contribution in [3.8, 4) is 6.07 Å². The van der Waals surface area contributed by atoms with Crippen molar-refractivity contribution in [3.05, 3.63) is 29.3 Å². The number of thiocarbonyl (C=S) groups is 1. The second-order valence-electron chi connectivity index (χ2n) is 16.0. The average Bonchev–Trinajstić information content (AvgIpc) is 3.29. The van der Waals surface area contributed by atoms with E-state index in [1.807, 2.05) is 18.7 Å². The lowest BCUT2D eigenvalue weighted by Crippen LogP contribution is -2.60. The molecule has 1 aromatic carbocycles. The molecule has 2 aliphatic heterocycles. The molecule has 0 radical (unpaired) electrons. The predicted octanol–water partition coefficient (Wildman–Crippen LogP) is 7.04. The predicted molar refractivity (Wildman–Crippen MR) is 193 cm³/mol. The van der Waals surface area contributed by atoms with Crippen LogP contribution in [0.3, 0.4) is 0 Å². The molecule has 2 saturated heterocycles. The Morgan fingerprint density at radius 3 is 2.31 bits per heavy atom. The van der Waals surface area contributed by atoms with Crippen LogP contribution >= 0.6 is 12.2 Å². The van der Waals surface area contributed by atoms with Crippen molar-refractivity contribution in [3.63, 3.8) is 0 Å². The number of carbonyl (C=O) groups is 2. The highest BCUT2D eigenvalue weighted by Gasteiger charge is 2.53. The number of ether oxygens (including phenoxy) is 2. The summed E-state index contributed by atoms with van der Waals surface area (Å²) in [6.45, 7) is 7.90. The number of rotatable bonds is 10. The Labute approximate surface area is 318 Å². The summed E-state index contributed by atoms with van der Waals surface area (Å²) >= 11 is 5.96. The van der Waals surface area contributed by atoms with E-state index in [4.69, 9.17) is 17.0 Å². The van der Waals surface area contributed by atoms with Crippen LogP contribution in [0.5, 0.6) is 0 Å². The smallest absolute Gasteiger partial charge is 0.405 e. The summed E-state index contributed by atoms with van der Waals surface area (Å²) in [5.74, 6) is -2.91. The third-order valence-electron chi connectivity index (χ3n) is 12.0. The molecule has 300 valence electrons. The molecule has 0 spiro atoms. The van der Waals surface area contributed by atoms with Crippen LogP contribution in [0.25, 0.3) is 0 Å². The number of hydrogen-bond acceptors (Lipinski definition) is 8. The van der Waals surface area contributed by atoms with E-state index in [-0.39, 0.29) is 62.4 Å². The quantitative estimate of drug-likeness (QED) is 0.141. The van der Waals surface area contributed by atoms with Crippen molar-refractivity contribution < 1.29 is 45.4 Å². The number of methoxy groups -OCH3 is 1. The third-order valence-corrected chi connectivity index (χ3v) is 12.4. The van der Waals surface area contributed by atoms with E-state index < -0.39 is 48.3 Å². The van der Waals surface area contributed by atoms with Gasteiger partial charge in [-0.3, -0.25) is 24.3 Å². The largest absolute Gasteiger partial charge is 0.468 e. The Hall–Kier alpha value is -3.00. The van der Waals surface area contributed by atoms with Crippen molar-refractivity contribution in [2.75, 3.05) is 51.3 Å². The van der Waals surface area contributed by atoms with Crippen molar-refractivity contribution in [1.82, 2.24) is 14.7 Å². The van der Waals surface area contributed by atoms with E-state index in [9.17, 15) is 41.2 Å². The number of anilines is 1. The molecule has 0 aromatic heterocycles. The maximum atomic E-state index is 14.1. The van der Waals surface area contributed by atoms with Gasteiger partial charge >= 0.3 is 18.3 Å². The molecular formula is C38H51F6N5O4S. The molecule has 4 aliphatic rings. The summed E-state index contributed by atoms with van der Waals surface area (Å²) in [5.41, 5.74) is 0.234. The zero-order valence-electron chi connectivity index (χ0n) is 31.5. The van der Waals surface area contributed by atoms with Gasteiger partial charge in [-0.05, 0) is 113 Å². The number of benzene rings is 1. The summed E-state index contributed by atoms with van der Waals surface area (Å²) in [6.07, 6.45) is -5.99. The first kappa shape index (κ1) is 42.1. The highest BCUT2D eigenvalue weighted by molar-refractivity contribution is 7.80. The van der Waals surface area contributed by atoms with E-state index in [0.717, 1.165) is 12.0 Å². The van der Waals surface area contributed by atoms with E-state index in [2.05, 4.69) is 10.8 Å². The third kappa shape index (κ3) is 9.00. The zero-order valence-corrected chi connectivity index (χ0v) is 32.3. The molecule has 3 unspecified atom stereocenters. The lowest BCUT2D eigenvalue weighted by Gasteiger charge is -2.42. The molecule has 1 amide bonds. The maximum Gasteiger partial charge on any atom is 0.405 e. The minimum absolute atomic E-state index is 0.0506. The second kappa shape index (κ2) is 16.6. The van der Waals surface area contributed by atoms with Crippen LogP contribution in [-0.2, 0) is 19.1 Å². The van der Waals surface area contributed by atoms with Gasteiger partial charge in [0.1, 0.15) is 11.6 Å². The van der Waals surface area contributed by atoms with Gasteiger partial charge in [0.2, 0.25) is 0 Å². The first-order valence-electron chi connectivity index (χ1n) is 18.8. The molecule has 1 aromatic rings. The lowest BCUT2D eigenvalue weighted by atomic mass is 9.66. The van der Waals surface area contributed by atoms with Crippen LogP contribution in [0.2, 0.25) is 0 Å². The summed E-state index contributed by atoms with van der Waals surface area (Å²) in [6, 6.07) is 5.22. The van der Waals surface area contributed by atoms with Crippen LogP contribution in [0.1, 0.15) is 89.7 Å². The fourth-order valence-electron chi connectivity index (χ4n) is 9.02. The normalized spacial score (nSPS) is 28.8. The Kier molecular flexibility index (Phi) is 13.0. The number of carbonyl (C=O) groups excluding carboxylic acids is 2. The van der Waals surface area contributed by atoms with E-state index >= 15 is 0 Å². The van der Waals surface area contributed by atoms with E-state index in [1.54, 1.807) is 36.9 Å². The van der Waals surface area contributed by atoms with Gasteiger partial charge in [-0.15, -0.1) is 0 Å². The second-order valence-corrected chi connectivity index (χ2v) is 16.4. The molecule has 2 heterocycles. The minimum atomic E-state index is -4.50. The van der Waals surface area contributed by atoms with E-state index in [1.165, 1.54) is 4.90 Å². The SMILES string of the molecule is COC(=O)CN1CCN(CCOC2CCC(N3C(=S)N(c4ccc(C#N)c(C5CC(C(F)(F)F)CCC5C(C)C)c4)C(=O)C3(C)C)CC2)C[C@@H]1C(F)(F)F. The molecule has 9 nitrogen and oxygen atoms in total. The van der Waals surface area contributed by atoms with Crippen molar-refractivity contribution in [2.24, 2.45) is 17.8 Å². The molecule has 4 fully saturated rings. The topological polar surface area (TPSA) is 89.3 Å². The van der Waals surface area contributed by atoms with Gasteiger partial charge in [0.05, 0.1) is 49.6 Å². The fourth-order valence-corrected chi connectivity index (χ4v) is 9.59. The number of halogens is 6. The summed E-state index contributed by atoms with van der Waals surface area (Å²) < 4.78 is 93.9. The average molecular weight is 788 g/mol. The van der Waals surface area contributed by atoms with Gasteiger partial charge in [0, 0.05) is 32.2 Å². The number of nitrogens with zero attached hydrogens (tertiary/aromatic N) is 5. The molecule has 0 N–H and O–H groups in total.